The largest absolute Gasteiger partial charge is 0.489 e. The van der Waals surface area contributed by atoms with E-state index in [0.29, 0.717) is 12.3 Å². The molecule has 6 nitrogen and oxygen atoms in total. The molecule has 0 atom stereocenters. The maximum absolute atomic E-state index is 12.0. The van der Waals surface area contributed by atoms with E-state index in [1.165, 1.54) is 0 Å². The van der Waals surface area contributed by atoms with Crippen LogP contribution in [0.4, 0.5) is 10.5 Å². The van der Waals surface area contributed by atoms with Gasteiger partial charge >= 0.3 is 6.09 Å². The van der Waals surface area contributed by atoms with E-state index in [1.54, 1.807) is 0 Å². The Morgan fingerprint density at radius 3 is 2.45 bits per heavy atom. The van der Waals surface area contributed by atoms with Gasteiger partial charge in [-0.1, -0.05) is 54.6 Å². The van der Waals surface area contributed by atoms with Crippen LogP contribution in [0, 0.1) is 0 Å². The molecule has 2 N–H and O–H groups in total. The predicted octanol–water partition coefficient (Wildman–Crippen LogP) is 4.66. The number of aromatic amines is 1. The molecule has 0 aliphatic heterocycles. The summed E-state index contributed by atoms with van der Waals surface area (Å²) < 4.78 is 13.2. The molecule has 0 spiro atoms. The minimum absolute atomic E-state index is 0.241. The third-order valence-corrected chi connectivity index (χ3v) is 4.75. The standard InChI is InChI=1S/C25H23N3O3/c29-25(31-18-21-6-2-1-3-7-21)27-22-12-10-20(11-13-22)14-17-30-24-9-5-4-8-23(24)28-16-15-26-19-28/h1-13,15-16,19H,14,17-18H2,(H,27,29)/p+1. The van der Waals surface area contributed by atoms with Crippen molar-refractivity contribution in [3.05, 3.63) is 109 Å². The molecular formula is C25H24N3O3+. The van der Waals surface area contributed by atoms with Crippen molar-refractivity contribution in [1.29, 1.82) is 0 Å². The molecule has 0 aliphatic carbocycles. The van der Waals surface area contributed by atoms with Crippen LogP contribution < -0.4 is 14.6 Å². The molecule has 1 aromatic heterocycles. The topological polar surface area (TPSA) is 67.2 Å². The van der Waals surface area contributed by atoms with Crippen LogP contribution in [0.3, 0.4) is 0 Å². The first-order valence-corrected chi connectivity index (χ1v) is 10.1. The van der Waals surface area contributed by atoms with Gasteiger partial charge in [-0.25, -0.2) is 9.78 Å². The first-order valence-electron chi connectivity index (χ1n) is 10.1. The van der Waals surface area contributed by atoms with E-state index < -0.39 is 6.09 Å². The molecule has 0 radical (unpaired) electrons. The summed E-state index contributed by atoms with van der Waals surface area (Å²) in [6.45, 7) is 0.790. The van der Waals surface area contributed by atoms with E-state index in [0.717, 1.165) is 29.0 Å². The number of amides is 1. The summed E-state index contributed by atoms with van der Waals surface area (Å²) in [6.07, 6.45) is 5.96. The monoisotopic (exact) mass is 414 g/mol. The fourth-order valence-electron chi connectivity index (χ4n) is 3.14. The third kappa shape index (κ3) is 5.73. The number of rotatable bonds is 8. The van der Waals surface area contributed by atoms with Gasteiger partial charge in [-0.3, -0.25) is 5.32 Å². The average molecular weight is 414 g/mol. The van der Waals surface area contributed by atoms with Gasteiger partial charge < -0.3 is 9.47 Å². The summed E-state index contributed by atoms with van der Waals surface area (Å²) in [7, 11) is 0. The second-order valence-electron chi connectivity index (χ2n) is 6.97. The number of nitrogens with zero attached hydrogens (tertiary/aromatic N) is 1. The summed E-state index contributed by atoms with van der Waals surface area (Å²) in [5.74, 6) is 0.826. The molecule has 4 aromatic rings. The Hall–Kier alpha value is -4.06. The Morgan fingerprint density at radius 1 is 0.903 bits per heavy atom. The molecule has 0 saturated heterocycles. The number of carbonyl (C=O) groups excluding carboxylic acids is 1. The Morgan fingerprint density at radius 2 is 1.68 bits per heavy atom. The highest BCUT2D eigenvalue weighted by atomic mass is 16.5. The molecule has 156 valence electrons. The van der Waals surface area contributed by atoms with Crippen molar-refractivity contribution in [2.45, 2.75) is 13.0 Å². The SMILES string of the molecule is O=C(Nc1ccc(CCOc2ccccc2-[n+]2cc[nH]c2)cc1)OCc1ccccc1. The number of aromatic nitrogens is 2. The Bertz CT molecular complexity index is 1090. The average Bonchev–Trinajstić information content (AvgIpc) is 3.35. The number of nitrogens with one attached hydrogen (secondary N) is 2. The summed E-state index contributed by atoms with van der Waals surface area (Å²) in [6, 6.07) is 25.2. The minimum atomic E-state index is -0.473. The third-order valence-electron chi connectivity index (χ3n) is 4.75. The highest BCUT2D eigenvalue weighted by Crippen LogP contribution is 2.18. The zero-order chi connectivity index (χ0) is 21.3. The Labute approximate surface area is 181 Å². The first-order chi connectivity index (χ1) is 15.3. The lowest BCUT2D eigenvalue weighted by atomic mass is 10.1. The summed E-state index contributed by atoms with van der Waals surface area (Å²) in [4.78, 5) is 15.0. The molecular weight excluding hydrogens is 390 g/mol. The highest BCUT2D eigenvalue weighted by molar-refractivity contribution is 5.84. The zero-order valence-corrected chi connectivity index (χ0v) is 17.0. The Balaban J connectivity index is 1.25. The lowest BCUT2D eigenvalue weighted by molar-refractivity contribution is -0.594. The van der Waals surface area contributed by atoms with Gasteiger partial charge in [-0.15, -0.1) is 0 Å². The van der Waals surface area contributed by atoms with E-state index in [2.05, 4.69) is 10.3 Å². The van der Waals surface area contributed by atoms with Crippen LogP contribution in [0.5, 0.6) is 5.75 Å². The fourth-order valence-corrected chi connectivity index (χ4v) is 3.14. The molecule has 3 aromatic carbocycles. The number of imidazole rings is 1. The van der Waals surface area contributed by atoms with Crippen LogP contribution in [-0.4, -0.2) is 17.7 Å². The predicted molar refractivity (Wildman–Crippen MR) is 118 cm³/mol. The summed E-state index contributed by atoms with van der Waals surface area (Å²) in [5, 5.41) is 2.75. The summed E-state index contributed by atoms with van der Waals surface area (Å²) in [5.41, 5.74) is 3.74. The lowest BCUT2D eigenvalue weighted by Crippen LogP contribution is -2.27. The van der Waals surface area contributed by atoms with Crippen LogP contribution in [0.15, 0.2) is 97.6 Å². The van der Waals surface area contributed by atoms with E-state index in [4.69, 9.17) is 9.47 Å². The zero-order valence-electron chi connectivity index (χ0n) is 17.0. The molecule has 0 bridgehead atoms. The van der Waals surface area contributed by atoms with Crippen molar-refractivity contribution < 1.29 is 18.8 Å². The van der Waals surface area contributed by atoms with E-state index >= 15 is 0 Å². The van der Waals surface area contributed by atoms with Gasteiger partial charge in [0.2, 0.25) is 6.33 Å². The number of H-pyrrole nitrogens is 1. The van der Waals surface area contributed by atoms with Crippen LogP contribution in [-0.2, 0) is 17.8 Å². The fraction of sp³-hybridized carbons (Fsp3) is 0.120. The maximum Gasteiger partial charge on any atom is 0.411 e. The minimum Gasteiger partial charge on any atom is -0.489 e. The smallest absolute Gasteiger partial charge is 0.411 e. The van der Waals surface area contributed by atoms with E-state index in [-0.39, 0.29) is 6.61 Å². The first kappa shape index (κ1) is 20.2. The lowest BCUT2D eigenvalue weighted by Gasteiger charge is -2.10. The number of hydrogen-bond donors (Lipinski definition) is 2. The second kappa shape index (κ2) is 10.1. The van der Waals surface area contributed by atoms with Gasteiger partial charge in [-0.2, -0.15) is 4.57 Å². The molecule has 4 rings (SSSR count). The van der Waals surface area contributed by atoms with Crippen LogP contribution in [0.1, 0.15) is 11.1 Å². The summed E-state index contributed by atoms with van der Waals surface area (Å²) >= 11 is 0. The van der Waals surface area contributed by atoms with Crippen molar-refractivity contribution >= 4 is 11.8 Å². The maximum atomic E-state index is 12.0. The normalized spacial score (nSPS) is 10.5. The second-order valence-corrected chi connectivity index (χ2v) is 6.97. The molecule has 1 amide bonds. The van der Waals surface area contributed by atoms with Crippen molar-refractivity contribution in [1.82, 2.24) is 4.98 Å². The molecule has 31 heavy (non-hydrogen) atoms. The molecule has 0 fully saturated rings. The Kier molecular flexibility index (Phi) is 6.60. The number of hydrogen-bond acceptors (Lipinski definition) is 3. The number of ether oxygens (including phenoxy) is 2. The van der Waals surface area contributed by atoms with E-state index in [1.807, 2.05) is 102 Å². The highest BCUT2D eigenvalue weighted by Gasteiger charge is 2.10. The van der Waals surface area contributed by atoms with Crippen LogP contribution >= 0.6 is 0 Å². The number of benzene rings is 3. The van der Waals surface area contributed by atoms with Gasteiger partial charge in [0.1, 0.15) is 19.0 Å². The van der Waals surface area contributed by atoms with E-state index in [9.17, 15) is 4.79 Å². The van der Waals surface area contributed by atoms with Crippen LogP contribution in [0.2, 0.25) is 0 Å². The van der Waals surface area contributed by atoms with Crippen molar-refractivity contribution in [3.8, 4) is 11.4 Å². The van der Waals surface area contributed by atoms with Gasteiger partial charge in [0.15, 0.2) is 11.4 Å². The molecule has 6 heteroatoms. The number of carbonyl (C=O) groups is 1. The quantitative estimate of drug-likeness (QED) is 0.412. The van der Waals surface area contributed by atoms with Gasteiger partial charge in [0.05, 0.1) is 6.61 Å². The van der Waals surface area contributed by atoms with Gasteiger partial charge in [0.25, 0.3) is 0 Å². The number of para-hydroxylation sites is 2. The molecule has 0 aliphatic rings. The van der Waals surface area contributed by atoms with Crippen molar-refractivity contribution in [2.75, 3.05) is 11.9 Å². The van der Waals surface area contributed by atoms with Crippen molar-refractivity contribution in [3.63, 3.8) is 0 Å². The van der Waals surface area contributed by atoms with Gasteiger partial charge in [0, 0.05) is 12.1 Å². The van der Waals surface area contributed by atoms with Crippen LogP contribution in [0.25, 0.3) is 5.69 Å². The molecule has 0 saturated carbocycles. The van der Waals surface area contributed by atoms with Gasteiger partial charge in [-0.05, 0) is 35.4 Å². The van der Waals surface area contributed by atoms with Crippen molar-refractivity contribution in [2.24, 2.45) is 0 Å². The molecule has 0 unspecified atom stereocenters. The number of anilines is 1. The molecule has 1 heterocycles.